The van der Waals surface area contributed by atoms with Crippen LogP contribution in [-0.2, 0) is 38.9 Å². The first-order chi connectivity index (χ1) is 8.66. The van der Waals surface area contributed by atoms with E-state index in [4.69, 9.17) is 76.6 Å². The molecule has 0 fully saturated rings. The molecule has 130 valence electrons. The monoisotopic (exact) mass is 461 g/mol. The Kier molecular flexibility index (Phi) is 70.3. The molecule has 0 aliphatic rings. The number of rotatable bonds is 0. The van der Waals surface area contributed by atoms with Crippen LogP contribution >= 0.6 is 0 Å². The Morgan fingerprint density at radius 3 is 0.364 bits per heavy atom. The van der Waals surface area contributed by atoms with Crippen molar-refractivity contribution in [3.63, 3.8) is 0 Å². The van der Waals surface area contributed by atoms with Gasteiger partial charge in [0.25, 0.3) is 0 Å². The molecular weight excluding hydrogens is 462 g/mol. The van der Waals surface area contributed by atoms with Crippen molar-refractivity contribution in [1.29, 1.82) is 0 Å². The average molecular weight is 462 g/mol. The van der Waals surface area contributed by atoms with Gasteiger partial charge in [0.1, 0.15) is 0 Å². The summed E-state index contributed by atoms with van der Waals surface area (Å²) in [4.78, 5) is 41.2. The normalized spacial score (nSPS) is 5.45. The smallest absolute Gasteiger partial charge is 0.356 e. The van der Waals surface area contributed by atoms with E-state index in [2.05, 4.69) is 0 Å². The molecule has 0 amide bonds. The number of hydrogen-bond donors (Lipinski definition) is 0. The van der Waals surface area contributed by atoms with E-state index in [1.165, 1.54) is 0 Å². The van der Waals surface area contributed by atoms with Gasteiger partial charge in [-0.3, -0.25) is 0 Å². The first kappa shape index (κ1) is 42.7. The van der Waals surface area contributed by atoms with Gasteiger partial charge in [-0.15, -0.1) is 0 Å². The summed E-state index contributed by atoms with van der Waals surface area (Å²) in [5, 5.41) is 73.8. The van der Waals surface area contributed by atoms with Crippen LogP contribution in [0.2, 0.25) is 0 Å². The summed E-state index contributed by atoms with van der Waals surface area (Å²) in [5.41, 5.74) is 0. The molecule has 22 heavy (non-hydrogen) atoms. The summed E-state index contributed by atoms with van der Waals surface area (Å²) in [6.07, 6.45) is 0. The molecule has 0 radical (unpaired) electrons. The van der Waals surface area contributed by atoms with Gasteiger partial charge >= 0.3 is 22.4 Å². The van der Waals surface area contributed by atoms with E-state index >= 15 is 0 Å². The Labute approximate surface area is 141 Å². The Hall–Kier alpha value is -2.77. The van der Waals surface area contributed by atoms with Gasteiger partial charge < -0.3 is 76.6 Å². The van der Waals surface area contributed by atoms with E-state index in [1.54, 1.807) is 0 Å². The fourth-order valence-corrected chi connectivity index (χ4v) is 0. The molecule has 0 heterocycles. The van der Waals surface area contributed by atoms with Crippen molar-refractivity contribution in [3.8, 4) is 0 Å². The molecule has 0 N–H and O–H groups in total. The second-order valence-corrected chi connectivity index (χ2v) is 1.12. The van der Waals surface area contributed by atoms with Crippen LogP contribution in [0.1, 0.15) is 0 Å². The van der Waals surface area contributed by atoms with Crippen LogP contribution in [0, 0.1) is 76.6 Å². The molecule has 20 nitrogen and oxygen atoms in total. The molecule has 0 aromatic rings. The summed E-state index contributed by atoms with van der Waals surface area (Å²) in [5.74, 6) is 0. The summed E-state index contributed by atoms with van der Waals surface area (Å²) in [7, 11) is 0. The molecule has 0 saturated heterocycles. The molecule has 0 rings (SSSR count). The Morgan fingerprint density at radius 2 is 0.364 bits per heavy atom. The molecule has 0 atom stereocenters. The minimum Gasteiger partial charge on any atom is -0.356 e. The molecular formula is N5NbNiO15. The molecule has 0 aliphatic heterocycles. The third kappa shape index (κ3) is 594. The van der Waals surface area contributed by atoms with Gasteiger partial charge in [0.2, 0.25) is 0 Å². The average Bonchev–Trinajstić information content (AvgIpc) is 1.94. The van der Waals surface area contributed by atoms with Crippen LogP contribution in [0.5, 0.6) is 0 Å². The standard InChI is InChI=1S/5NO3.Nb.Ni/c5*2-1(3)4;;/q5*-1;+5;. The van der Waals surface area contributed by atoms with E-state index < -0.39 is 25.4 Å². The molecule has 0 unspecified atom stereocenters. The third-order valence-corrected chi connectivity index (χ3v) is 0. The van der Waals surface area contributed by atoms with Crippen molar-refractivity contribution in [3.05, 3.63) is 76.6 Å². The van der Waals surface area contributed by atoms with Gasteiger partial charge in [0.05, 0.1) is 25.4 Å². The first-order valence-corrected chi connectivity index (χ1v) is 2.74. The molecule has 0 aromatic heterocycles. The van der Waals surface area contributed by atoms with Crippen molar-refractivity contribution in [2.45, 2.75) is 0 Å². The second kappa shape index (κ2) is 36.2. The summed E-state index contributed by atoms with van der Waals surface area (Å²) in [6, 6.07) is 0. The zero-order valence-corrected chi connectivity index (χ0v) is 12.3. The maximum Gasteiger partial charge on any atom is 5.00 e. The number of hydrogen-bond acceptors (Lipinski definition) is 15. The second-order valence-electron chi connectivity index (χ2n) is 1.12. The zero-order chi connectivity index (χ0) is 17.9. The Balaban J connectivity index is -0.0000000250. The quantitative estimate of drug-likeness (QED) is 0.232. The molecule has 0 saturated carbocycles. The first-order valence-electron chi connectivity index (χ1n) is 2.74. The van der Waals surface area contributed by atoms with Crippen LogP contribution in [0.3, 0.4) is 0 Å². The largest absolute Gasteiger partial charge is 5.00 e. The predicted molar refractivity (Wildman–Crippen MR) is 51.8 cm³/mol. The van der Waals surface area contributed by atoms with Gasteiger partial charge in [-0.25, -0.2) is 0 Å². The van der Waals surface area contributed by atoms with E-state index in [0.717, 1.165) is 0 Å². The topological polar surface area (TPSA) is 331 Å². The summed E-state index contributed by atoms with van der Waals surface area (Å²) >= 11 is 0. The molecule has 0 bridgehead atoms. The molecule has 0 spiro atoms. The van der Waals surface area contributed by atoms with E-state index in [0.29, 0.717) is 0 Å². The van der Waals surface area contributed by atoms with Crippen molar-refractivity contribution in [2.24, 2.45) is 0 Å². The zero-order valence-electron chi connectivity index (χ0n) is 9.12. The van der Waals surface area contributed by atoms with E-state index in [-0.39, 0.29) is 38.9 Å². The minimum absolute atomic E-state index is 0. The van der Waals surface area contributed by atoms with Crippen LogP contribution < -0.4 is 0 Å². The predicted octanol–water partition coefficient (Wildman–Crippen LogP) is -1.20. The van der Waals surface area contributed by atoms with Crippen LogP contribution in [-0.4, -0.2) is 25.4 Å². The Morgan fingerprint density at radius 1 is 0.364 bits per heavy atom. The number of nitrogens with zero attached hydrogens (tertiary/aromatic N) is 5. The van der Waals surface area contributed by atoms with Gasteiger partial charge in [-0.2, -0.15) is 0 Å². The van der Waals surface area contributed by atoms with Crippen LogP contribution in [0.4, 0.5) is 0 Å². The van der Waals surface area contributed by atoms with Gasteiger partial charge in [-0.05, 0) is 0 Å². The molecule has 22 heteroatoms. The third-order valence-electron chi connectivity index (χ3n) is 0. The van der Waals surface area contributed by atoms with Gasteiger partial charge in [0.15, 0.2) is 0 Å². The fourth-order valence-electron chi connectivity index (χ4n) is 0. The van der Waals surface area contributed by atoms with E-state index in [1.807, 2.05) is 0 Å². The van der Waals surface area contributed by atoms with Crippen molar-refractivity contribution < 1.29 is 64.3 Å². The fraction of sp³-hybridized carbons (Fsp3) is 0. The summed E-state index contributed by atoms with van der Waals surface area (Å²) < 4.78 is 0. The van der Waals surface area contributed by atoms with Gasteiger partial charge in [0, 0.05) is 16.5 Å². The summed E-state index contributed by atoms with van der Waals surface area (Å²) in [6.45, 7) is 0. The maximum atomic E-state index is 8.25. The Bertz CT molecular complexity index is 213. The van der Waals surface area contributed by atoms with Gasteiger partial charge in [-0.1, -0.05) is 0 Å². The van der Waals surface area contributed by atoms with Crippen molar-refractivity contribution in [1.82, 2.24) is 0 Å². The van der Waals surface area contributed by atoms with Crippen LogP contribution in [0.25, 0.3) is 0 Å². The maximum absolute atomic E-state index is 8.25. The minimum atomic E-state index is -1.75. The van der Waals surface area contributed by atoms with E-state index in [9.17, 15) is 0 Å². The molecule has 0 aromatic carbocycles. The van der Waals surface area contributed by atoms with Crippen molar-refractivity contribution >= 4 is 0 Å². The van der Waals surface area contributed by atoms with Crippen molar-refractivity contribution in [2.75, 3.05) is 0 Å². The molecule has 0 aliphatic carbocycles. The SMILES string of the molecule is O=[N+]([O-])[O-].O=[N+]([O-])[O-].O=[N+]([O-])[O-].O=[N+]([O-])[O-].O=[N+]([O-])[O-].[Nb+5].[Ni]. The van der Waals surface area contributed by atoms with Crippen LogP contribution in [0.15, 0.2) is 0 Å².